The predicted octanol–water partition coefficient (Wildman–Crippen LogP) is 2.48. The molecule has 2 N–H and O–H groups in total. The Labute approximate surface area is 116 Å². The zero-order valence-electron chi connectivity index (χ0n) is 10.7. The van der Waals surface area contributed by atoms with E-state index < -0.39 is 5.97 Å². The molecule has 2 aromatic rings. The Morgan fingerprint density at radius 3 is 3.00 bits per heavy atom. The average molecular weight is 276 g/mol. The Morgan fingerprint density at radius 2 is 2.32 bits per heavy atom. The summed E-state index contributed by atoms with van der Waals surface area (Å²) >= 11 is 1.66. The van der Waals surface area contributed by atoms with Crippen LogP contribution in [-0.4, -0.2) is 22.6 Å². The molecule has 0 atom stereocenters. The molecule has 1 aromatic carbocycles. The normalized spacial score (nSPS) is 10.6. The largest absolute Gasteiger partial charge is 0.478 e. The highest BCUT2D eigenvalue weighted by molar-refractivity contribution is 7.09. The van der Waals surface area contributed by atoms with E-state index in [2.05, 4.69) is 15.7 Å². The summed E-state index contributed by atoms with van der Waals surface area (Å²) in [6, 6.07) is 6.99. The molecule has 5 heteroatoms. The molecule has 2 rings (SSSR count). The molecule has 0 saturated carbocycles. The number of nitrogens with zero attached hydrogens (tertiary/aromatic N) is 1. The molecule has 0 aliphatic heterocycles. The second-order valence-corrected chi connectivity index (χ2v) is 5.35. The number of hydrogen-bond acceptors (Lipinski definition) is 4. The van der Waals surface area contributed by atoms with Crippen LogP contribution in [0.15, 0.2) is 29.6 Å². The van der Waals surface area contributed by atoms with Crippen molar-refractivity contribution in [2.45, 2.75) is 19.9 Å². The number of carboxylic acid groups (broad SMARTS) is 1. The van der Waals surface area contributed by atoms with Crippen LogP contribution in [0.2, 0.25) is 0 Å². The average Bonchev–Trinajstić information content (AvgIpc) is 2.81. The molecule has 0 aliphatic rings. The van der Waals surface area contributed by atoms with Gasteiger partial charge in [0, 0.05) is 24.9 Å². The highest BCUT2D eigenvalue weighted by Gasteiger charge is 2.03. The number of aromatic nitrogens is 1. The van der Waals surface area contributed by atoms with Crippen LogP contribution < -0.4 is 5.32 Å². The predicted molar refractivity (Wildman–Crippen MR) is 75.7 cm³/mol. The van der Waals surface area contributed by atoms with Gasteiger partial charge in [-0.2, -0.15) is 0 Å². The summed E-state index contributed by atoms with van der Waals surface area (Å²) in [6.45, 7) is 3.50. The summed E-state index contributed by atoms with van der Waals surface area (Å²) < 4.78 is 0. The highest BCUT2D eigenvalue weighted by atomic mass is 32.1. The lowest BCUT2D eigenvalue weighted by Crippen LogP contribution is -2.17. The number of hydrogen-bond donors (Lipinski definition) is 2. The van der Waals surface area contributed by atoms with Crippen LogP contribution in [-0.2, 0) is 13.0 Å². The molecule has 0 aliphatic carbocycles. The molecule has 0 radical (unpaired) electrons. The van der Waals surface area contributed by atoms with E-state index >= 15 is 0 Å². The van der Waals surface area contributed by atoms with Crippen molar-refractivity contribution in [2.24, 2.45) is 0 Å². The molecule has 0 unspecified atom stereocenters. The van der Waals surface area contributed by atoms with E-state index in [1.807, 2.05) is 13.0 Å². The molecule has 0 fully saturated rings. The Hall–Kier alpha value is -1.72. The van der Waals surface area contributed by atoms with Gasteiger partial charge in [0.05, 0.1) is 16.3 Å². The zero-order chi connectivity index (χ0) is 13.7. The fraction of sp³-hybridized carbons (Fsp3) is 0.286. The molecule has 0 bridgehead atoms. The van der Waals surface area contributed by atoms with E-state index in [-0.39, 0.29) is 0 Å². The fourth-order valence-corrected chi connectivity index (χ4v) is 2.43. The number of nitrogens with one attached hydrogen (secondary N) is 1. The Balaban J connectivity index is 1.79. The first-order valence-electron chi connectivity index (χ1n) is 6.09. The minimum atomic E-state index is -0.889. The smallest absolute Gasteiger partial charge is 0.335 e. The maximum Gasteiger partial charge on any atom is 0.335 e. The van der Waals surface area contributed by atoms with Gasteiger partial charge >= 0.3 is 5.97 Å². The van der Waals surface area contributed by atoms with E-state index in [9.17, 15) is 4.79 Å². The molecule has 19 heavy (non-hydrogen) atoms. The van der Waals surface area contributed by atoms with E-state index in [1.165, 1.54) is 0 Å². The van der Waals surface area contributed by atoms with Gasteiger partial charge in [-0.1, -0.05) is 12.1 Å². The van der Waals surface area contributed by atoms with Gasteiger partial charge in [0.25, 0.3) is 0 Å². The minimum Gasteiger partial charge on any atom is -0.478 e. The number of aromatic carboxylic acids is 1. The van der Waals surface area contributed by atoms with Crippen LogP contribution in [0.1, 0.15) is 26.6 Å². The van der Waals surface area contributed by atoms with Crippen LogP contribution in [0, 0.1) is 6.92 Å². The first kappa shape index (κ1) is 13.7. The van der Waals surface area contributed by atoms with E-state index in [4.69, 9.17) is 5.11 Å². The lowest BCUT2D eigenvalue weighted by molar-refractivity contribution is 0.0696. The summed E-state index contributed by atoms with van der Waals surface area (Å²) in [7, 11) is 0. The summed E-state index contributed by atoms with van der Waals surface area (Å²) in [6.07, 6.45) is 0.892. The van der Waals surface area contributed by atoms with E-state index in [0.29, 0.717) is 12.1 Å². The van der Waals surface area contributed by atoms with Crippen molar-refractivity contribution in [1.82, 2.24) is 10.3 Å². The van der Waals surface area contributed by atoms with Gasteiger partial charge in [-0.25, -0.2) is 9.78 Å². The van der Waals surface area contributed by atoms with Crippen LogP contribution in [0.25, 0.3) is 0 Å². The summed E-state index contributed by atoms with van der Waals surface area (Å²) in [5, 5.41) is 15.4. The lowest BCUT2D eigenvalue weighted by atomic mass is 10.1. The van der Waals surface area contributed by atoms with Gasteiger partial charge in [-0.05, 0) is 24.6 Å². The molecular formula is C14H16N2O2S. The Morgan fingerprint density at radius 1 is 1.47 bits per heavy atom. The van der Waals surface area contributed by atoms with Crippen LogP contribution >= 0.6 is 11.3 Å². The molecule has 0 saturated heterocycles. The monoisotopic (exact) mass is 276 g/mol. The maximum absolute atomic E-state index is 10.8. The van der Waals surface area contributed by atoms with Gasteiger partial charge < -0.3 is 10.4 Å². The third-order valence-electron chi connectivity index (χ3n) is 2.73. The van der Waals surface area contributed by atoms with Crippen molar-refractivity contribution in [3.05, 3.63) is 51.5 Å². The van der Waals surface area contributed by atoms with Crippen molar-refractivity contribution < 1.29 is 9.90 Å². The van der Waals surface area contributed by atoms with Crippen molar-refractivity contribution >= 4 is 17.3 Å². The van der Waals surface area contributed by atoms with E-state index in [1.54, 1.807) is 29.5 Å². The number of carboxylic acids is 1. The first-order chi connectivity index (χ1) is 9.15. The van der Waals surface area contributed by atoms with Crippen molar-refractivity contribution in [3.8, 4) is 0 Å². The van der Waals surface area contributed by atoms with E-state index in [0.717, 1.165) is 29.2 Å². The standard InChI is InChI=1S/C14H16N2O2S/c1-10-16-13(9-19-10)5-6-15-8-11-3-2-4-12(7-11)14(17)18/h2-4,7,9,15H,5-6,8H2,1H3,(H,17,18). The van der Waals surface area contributed by atoms with Crippen LogP contribution in [0.3, 0.4) is 0 Å². The zero-order valence-corrected chi connectivity index (χ0v) is 11.5. The molecular weight excluding hydrogens is 260 g/mol. The quantitative estimate of drug-likeness (QED) is 0.796. The third-order valence-corrected chi connectivity index (χ3v) is 3.55. The van der Waals surface area contributed by atoms with Crippen molar-refractivity contribution in [3.63, 3.8) is 0 Å². The third kappa shape index (κ3) is 4.15. The van der Waals surface area contributed by atoms with Gasteiger partial charge in [0.1, 0.15) is 0 Å². The summed E-state index contributed by atoms with van der Waals surface area (Å²) in [5.74, 6) is -0.889. The fourth-order valence-electron chi connectivity index (χ4n) is 1.79. The summed E-state index contributed by atoms with van der Waals surface area (Å²) in [4.78, 5) is 15.2. The second-order valence-electron chi connectivity index (χ2n) is 4.29. The van der Waals surface area contributed by atoms with Gasteiger partial charge in [-0.15, -0.1) is 11.3 Å². The molecule has 0 spiro atoms. The number of rotatable bonds is 6. The van der Waals surface area contributed by atoms with Crippen LogP contribution in [0.4, 0.5) is 0 Å². The molecule has 1 heterocycles. The molecule has 4 nitrogen and oxygen atoms in total. The van der Waals surface area contributed by atoms with Crippen molar-refractivity contribution in [1.29, 1.82) is 0 Å². The Kier molecular flexibility index (Phi) is 4.65. The van der Waals surface area contributed by atoms with Crippen molar-refractivity contribution in [2.75, 3.05) is 6.54 Å². The minimum absolute atomic E-state index is 0.328. The lowest BCUT2D eigenvalue weighted by Gasteiger charge is -2.04. The highest BCUT2D eigenvalue weighted by Crippen LogP contribution is 2.08. The number of thiazole rings is 1. The van der Waals surface area contributed by atoms with Gasteiger partial charge in [0.15, 0.2) is 0 Å². The Bertz CT molecular complexity index is 566. The number of carbonyl (C=O) groups is 1. The van der Waals surface area contributed by atoms with Gasteiger partial charge in [0.2, 0.25) is 0 Å². The second kappa shape index (κ2) is 6.45. The molecule has 100 valence electrons. The molecule has 0 amide bonds. The van der Waals surface area contributed by atoms with Crippen LogP contribution in [0.5, 0.6) is 0 Å². The first-order valence-corrected chi connectivity index (χ1v) is 6.97. The number of benzene rings is 1. The number of aryl methyl sites for hydroxylation is 1. The topological polar surface area (TPSA) is 62.2 Å². The maximum atomic E-state index is 10.8. The summed E-state index contributed by atoms with van der Waals surface area (Å²) in [5.41, 5.74) is 2.41. The SMILES string of the molecule is Cc1nc(CCNCc2cccc(C(=O)O)c2)cs1. The van der Waals surface area contributed by atoms with Gasteiger partial charge in [-0.3, -0.25) is 0 Å². The molecule has 1 aromatic heterocycles.